The van der Waals surface area contributed by atoms with Crippen LogP contribution in [0.5, 0.6) is 0 Å². The van der Waals surface area contributed by atoms with Gasteiger partial charge in [-0.05, 0) is 12.0 Å². The molecule has 2 atom stereocenters. The van der Waals surface area contributed by atoms with E-state index in [0.29, 0.717) is 13.2 Å². The van der Waals surface area contributed by atoms with Crippen LogP contribution in [0.25, 0.3) is 0 Å². The van der Waals surface area contributed by atoms with E-state index in [1.165, 1.54) is 0 Å². The molecule has 1 heterocycles. The fraction of sp³-hybridized carbons (Fsp3) is 0.571. The highest BCUT2D eigenvalue weighted by atomic mass is 16.7. The van der Waals surface area contributed by atoms with Gasteiger partial charge in [-0.3, -0.25) is 0 Å². The highest BCUT2D eigenvalue weighted by Gasteiger charge is 2.40. The fourth-order valence-electron chi connectivity index (χ4n) is 2.14. The van der Waals surface area contributed by atoms with Crippen molar-refractivity contribution in [2.24, 2.45) is 0 Å². The molecule has 0 saturated carbocycles. The summed E-state index contributed by atoms with van der Waals surface area (Å²) in [5, 5.41) is 9.47. The van der Waals surface area contributed by atoms with Crippen LogP contribution < -0.4 is 0 Å². The summed E-state index contributed by atoms with van der Waals surface area (Å²) in [5.41, 5.74) is 0.516. The Hall–Kier alpha value is -0.940. The van der Waals surface area contributed by atoms with Gasteiger partial charge in [0.15, 0.2) is 6.29 Å². The van der Waals surface area contributed by atoms with Crippen molar-refractivity contribution in [1.29, 1.82) is 0 Å². The molecule has 0 radical (unpaired) electrons. The van der Waals surface area contributed by atoms with Gasteiger partial charge in [-0.1, -0.05) is 30.3 Å². The summed E-state index contributed by atoms with van der Waals surface area (Å²) < 4.78 is 16.5. The Morgan fingerprint density at radius 1 is 1.39 bits per heavy atom. The zero-order valence-electron chi connectivity index (χ0n) is 10.7. The van der Waals surface area contributed by atoms with Crippen molar-refractivity contribution in [1.82, 2.24) is 0 Å². The number of hydrogen-bond acceptors (Lipinski definition) is 4. The minimum atomic E-state index is -0.602. The minimum absolute atomic E-state index is 0.0400. The normalized spacial score (nSPS) is 27.6. The summed E-state index contributed by atoms with van der Waals surface area (Å²) in [4.78, 5) is 0. The molecule has 0 aliphatic carbocycles. The third-order valence-electron chi connectivity index (χ3n) is 3.24. The predicted molar refractivity (Wildman–Crippen MR) is 67.0 cm³/mol. The Kier molecular flexibility index (Phi) is 4.72. The Morgan fingerprint density at radius 2 is 2.17 bits per heavy atom. The Morgan fingerprint density at radius 3 is 2.78 bits per heavy atom. The van der Waals surface area contributed by atoms with Crippen LogP contribution in [-0.4, -0.2) is 37.3 Å². The molecule has 18 heavy (non-hydrogen) atoms. The van der Waals surface area contributed by atoms with Crippen LogP contribution in [0, 0.1) is 0 Å². The summed E-state index contributed by atoms with van der Waals surface area (Å²) in [6.45, 7) is 0.878. The van der Waals surface area contributed by atoms with Gasteiger partial charge in [0.25, 0.3) is 0 Å². The van der Waals surface area contributed by atoms with Gasteiger partial charge >= 0.3 is 0 Å². The number of rotatable bonds is 6. The molecule has 1 saturated heterocycles. The summed E-state index contributed by atoms with van der Waals surface area (Å²) in [7, 11) is 1.61. The second-order valence-corrected chi connectivity index (χ2v) is 4.64. The SMILES string of the molecule is CO[C@H]1CC[C@@](CO)(COCc2ccccc2)O1. The maximum Gasteiger partial charge on any atom is 0.158 e. The van der Waals surface area contributed by atoms with Crippen molar-refractivity contribution in [2.75, 3.05) is 20.3 Å². The number of benzene rings is 1. The van der Waals surface area contributed by atoms with E-state index in [4.69, 9.17) is 14.2 Å². The highest BCUT2D eigenvalue weighted by molar-refractivity contribution is 5.13. The lowest BCUT2D eigenvalue weighted by atomic mass is 10.0. The minimum Gasteiger partial charge on any atom is -0.393 e. The third-order valence-corrected chi connectivity index (χ3v) is 3.24. The lowest BCUT2D eigenvalue weighted by molar-refractivity contribution is -0.186. The van der Waals surface area contributed by atoms with Crippen molar-refractivity contribution < 1.29 is 19.3 Å². The zero-order chi connectivity index (χ0) is 12.8. The smallest absolute Gasteiger partial charge is 0.158 e. The van der Waals surface area contributed by atoms with E-state index >= 15 is 0 Å². The van der Waals surface area contributed by atoms with E-state index in [1.54, 1.807) is 7.11 Å². The highest BCUT2D eigenvalue weighted by Crippen LogP contribution is 2.30. The standard InChI is InChI=1S/C14H20O4/c1-16-13-7-8-14(10-15,18-13)11-17-9-12-5-3-2-4-6-12/h2-6,13,15H,7-11H2,1H3/t13-,14-/m1/s1. The van der Waals surface area contributed by atoms with Crippen molar-refractivity contribution in [3.8, 4) is 0 Å². The second-order valence-electron chi connectivity index (χ2n) is 4.64. The molecule has 100 valence electrons. The lowest BCUT2D eigenvalue weighted by Gasteiger charge is -2.26. The van der Waals surface area contributed by atoms with Crippen LogP contribution in [0.2, 0.25) is 0 Å². The van der Waals surface area contributed by atoms with Crippen molar-refractivity contribution in [3.63, 3.8) is 0 Å². The molecule has 1 aliphatic heterocycles. The van der Waals surface area contributed by atoms with Crippen LogP contribution >= 0.6 is 0 Å². The maximum atomic E-state index is 9.47. The molecule has 4 heteroatoms. The quantitative estimate of drug-likeness (QED) is 0.837. The molecular formula is C14H20O4. The van der Waals surface area contributed by atoms with Gasteiger partial charge in [0.05, 0.1) is 19.8 Å². The summed E-state index contributed by atoms with van der Waals surface area (Å²) in [6.07, 6.45) is 1.33. The largest absolute Gasteiger partial charge is 0.393 e. The molecule has 0 spiro atoms. The average molecular weight is 252 g/mol. The number of aliphatic hydroxyl groups is 1. The lowest BCUT2D eigenvalue weighted by Crippen LogP contribution is -2.39. The molecular weight excluding hydrogens is 232 g/mol. The topological polar surface area (TPSA) is 47.9 Å². The first-order valence-corrected chi connectivity index (χ1v) is 6.21. The molecule has 2 rings (SSSR count). The van der Waals surface area contributed by atoms with E-state index in [2.05, 4.69) is 0 Å². The summed E-state index contributed by atoms with van der Waals surface area (Å²) in [5.74, 6) is 0. The first-order chi connectivity index (χ1) is 8.78. The van der Waals surface area contributed by atoms with Crippen LogP contribution in [0.15, 0.2) is 30.3 Å². The number of aliphatic hydroxyl groups excluding tert-OH is 1. The molecule has 4 nitrogen and oxygen atoms in total. The van der Waals surface area contributed by atoms with Gasteiger partial charge in [-0.15, -0.1) is 0 Å². The monoisotopic (exact) mass is 252 g/mol. The fourth-order valence-corrected chi connectivity index (χ4v) is 2.14. The van der Waals surface area contributed by atoms with E-state index in [1.807, 2.05) is 30.3 Å². The third kappa shape index (κ3) is 3.29. The molecule has 1 aliphatic rings. The van der Waals surface area contributed by atoms with Gasteiger partial charge in [0, 0.05) is 13.5 Å². The van der Waals surface area contributed by atoms with Crippen LogP contribution in [0.1, 0.15) is 18.4 Å². The Balaban J connectivity index is 1.81. The molecule has 0 aromatic heterocycles. The maximum absolute atomic E-state index is 9.47. The molecule has 0 amide bonds. The van der Waals surface area contributed by atoms with E-state index in [0.717, 1.165) is 18.4 Å². The van der Waals surface area contributed by atoms with Crippen molar-refractivity contribution >= 4 is 0 Å². The van der Waals surface area contributed by atoms with Crippen LogP contribution in [0.4, 0.5) is 0 Å². The molecule has 1 aromatic rings. The Bertz CT molecular complexity index is 354. The van der Waals surface area contributed by atoms with Gasteiger partial charge in [-0.2, -0.15) is 0 Å². The molecule has 1 aromatic carbocycles. The first kappa shape index (κ1) is 13.5. The molecule has 1 N–H and O–H groups in total. The average Bonchev–Trinajstić information content (AvgIpc) is 2.84. The zero-order valence-corrected chi connectivity index (χ0v) is 10.7. The molecule has 1 fully saturated rings. The second kappa shape index (κ2) is 6.29. The van der Waals surface area contributed by atoms with Gasteiger partial charge in [0.2, 0.25) is 0 Å². The summed E-state index contributed by atoms with van der Waals surface area (Å²) in [6, 6.07) is 9.96. The van der Waals surface area contributed by atoms with Crippen LogP contribution in [0.3, 0.4) is 0 Å². The number of ether oxygens (including phenoxy) is 3. The Labute approximate surface area is 107 Å². The predicted octanol–water partition coefficient (Wildman–Crippen LogP) is 1.72. The van der Waals surface area contributed by atoms with E-state index < -0.39 is 5.60 Å². The van der Waals surface area contributed by atoms with Gasteiger partial charge in [0.1, 0.15) is 5.60 Å². The number of methoxy groups -OCH3 is 1. The van der Waals surface area contributed by atoms with Crippen molar-refractivity contribution in [3.05, 3.63) is 35.9 Å². The van der Waals surface area contributed by atoms with Crippen molar-refractivity contribution in [2.45, 2.75) is 31.3 Å². The van der Waals surface area contributed by atoms with Gasteiger partial charge < -0.3 is 19.3 Å². The first-order valence-electron chi connectivity index (χ1n) is 6.21. The van der Waals surface area contributed by atoms with Crippen LogP contribution in [-0.2, 0) is 20.8 Å². The van der Waals surface area contributed by atoms with E-state index in [-0.39, 0.29) is 12.9 Å². The number of hydrogen-bond donors (Lipinski definition) is 1. The van der Waals surface area contributed by atoms with E-state index in [9.17, 15) is 5.11 Å². The summed E-state index contributed by atoms with van der Waals surface area (Å²) >= 11 is 0. The molecule has 0 bridgehead atoms. The van der Waals surface area contributed by atoms with Gasteiger partial charge in [-0.25, -0.2) is 0 Å². The molecule has 0 unspecified atom stereocenters.